The summed E-state index contributed by atoms with van der Waals surface area (Å²) in [6.07, 6.45) is 1.67. The quantitative estimate of drug-likeness (QED) is 0.849. The van der Waals surface area contributed by atoms with E-state index in [1.54, 1.807) is 26.0 Å². The van der Waals surface area contributed by atoms with Crippen molar-refractivity contribution >= 4 is 23.6 Å². The highest BCUT2D eigenvalue weighted by molar-refractivity contribution is 6.10. The number of aryl methyl sites for hydroxylation is 1. The van der Waals surface area contributed by atoms with Crippen molar-refractivity contribution in [1.29, 1.82) is 0 Å². The number of benzene rings is 2. The van der Waals surface area contributed by atoms with Crippen LogP contribution in [0.3, 0.4) is 0 Å². The number of carbonyl (C=O) groups excluding carboxylic acids is 1. The molecule has 0 aromatic heterocycles. The lowest BCUT2D eigenvalue weighted by Crippen LogP contribution is -2.45. The number of nitrogens with zero attached hydrogens (tertiary/aromatic N) is 1. The maximum atomic E-state index is 13.0. The minimum atomic E-state index is -1.09. The molecule has 3 rings (SSSR count). The predicted octanol–water partition coefficient (Wildman–Crippen LogP) is 3.87. The molecule has 1 aliphatic rings. The molecule has 0 unspecified atom stereocenters. The van der Waals surface area contributed by atoms with Crippen molar-refractivity contribution in [3.63, 3.8) is 0 Å². The molecule has 0 aliphatic carbocycles. The van der Waals surface area contributed by atoms with Crippen LogP contribution in [-0.2, 0) is 9.59 Å². The van der Waals surface area contributed by atoms with E-state index in [9.17, 15) is 14.7 Å². The summed E-state index contributed by atoms with van der Waals surface area (Å²) in [5.41, 5.74) is 1.30. The second kappa shape index (κ2) is 6.67. The van der Waals surface area contributed by atoms with E-state index < -0.39 is 11.4 Å². The lowest BCUT2D eigenvalue weighted by molar-refractivity contribution is -0.146. The third kappa shape index (κ3) is 3.47. The molecule has 134 valence electrons. The number of carboxylic acids is 1. The average Bonchev–Trinajstić information content (AvgIpc) is 2.60. The van der Waals surface area contributed by atoms with Crippen LogP contribution in [0, 0.1) is 12.3 Å². The van der Waals surface area contributed by atoms with Crippen LogP contribution in [0.4, 0.5) is 5.69 Å². The molecule has 1 N–H and O–H groups in total. The van der Waals surface area contributed by atoms with E-state index in [1.807, 2.05) is 49.4 Å². The lowest BCUT2D eigenvalue weighted by Gasteiger charge is -2.34. The number of hydrogen-bond donors (Lipinski definition) is 1. The highest BCUT2D eigenvalue weighted by Gasteiger charge is 2.37. The van der Waals surface area contributed by atoms with Gasteiger partial charge < -0.3 is 14.7 Å². The first-order chi connectivity index (χ1) is 12.3. The zero-order valence-corrected chi connectivity index (χ0v) is 15.0. The molecule has 0 saturated heterocycles. The zero-order chi connectivity index (χ0) is 18.9. The SMILES string of the molecule is Cc1ccc2c(c1)N(CC(C)(C)C(=O)O)C(=O)/C(=C\c1ccccc1)O2. The van der Waals surface area contributed by atoms with Crippen LogP contribution >= 0.6 is 0 Å². The van der Waals surface area contributed by atoms with E-state index in [4.69, 9.17) is 4.74 Å². The van der Waals surface area contributed by atoms with Gasteiger partial charge in [0.05, 0.1) is 11.1 Å². The number of aliphatic carboxylic acids is 1. The standard InChI is InChI=1S/C21H21NO4/c1-14-9-10-17-16(11-14)22(13-21(2,3)20(24)25)19(23)18(26-17)12-15-7-5-4-6-8-15/h4-12H,13H2,1-3H3,(H,24,25)/b18-12+. The number of anilines is 1. The smallest absolute Gasteiger partial charge is 0.310 e. The van der Waals surface area contributed by atoms with E-state index in [2.05, 4.69) is 0 Å². The minimum absolute atomic E-state index is 0.0487. The molecule has 0 saturated carbocycles. The van der Waals surface area contributed by atoms with Gasteiger partial charge in [0.25, 0.3) is 5.91 Å². The molecule has 0 atom stereocenters. The fraction of sp³-hybridized carbons (Fsp3) is 0.238. The van der Waals surface area contributed by atoms with Gasteiger partial charge in [-0.3, -0.25) is 9.59 Å². The molecule has 0 radical (unpaired) electrons. The topological polar surface area (TPSA) is 66.8 Å². The second-order valence-corrected chi connectivity index (χ2v) is 7.07. The van der Waals surface area contributed by atoms with E-state index in [0.717, 1.165) is 11.1 Å². The average molecular weight is 351 g/mol. The molecule has 0 fully saturated rings. The maximum Gasteiger partial charge on any atom is 0.310 e. The summed E-state index contributed by atoms with van der Waals surface area (Å²) in [6.45, 7) is 5.18. The van der Waals surface area contributed by atoms with Crippen molar-refractivity contribution < 1.29 is 19.4 Å². The molecule has 1 heterocycles. The monoisotopic (exact) mass is 351 g/mol. The summed E-state index contributed by atoms with van der Waals surface area (Å²) in [5, 5.41) is 9.48. The van der Waals surface area contributed by atoms with E-state index in [0.29, 0.717) is 11.4 Å². The van der Waals surface area contributed by atoms with Crippen LogP contribution in [0.15, 0.2) is 54.3 Å². The number of carbonyl (C=O) groups is 2. The fourth-order valence-corrected chi connectivity index (χ4v) is 2.74. The second-order valence-electron chi connectivity index (χ2n) is 7.07. The Morgan fingerprint density at radius 3 is 2.54 bits per heavy atom. The van der Waals surface area contributed by atoms with Crippen LogP contribution in [-0.4, -0.2) is 23.5 Å². The number of amides is 1. The van der Waals surface area contributed by atoms with Gasteiger partial charge >= 0.3 is 5.97 Å². The molecule has 2 aromatic rings. The number of carboxylic acid groups (broad SMARTS) is 1. The Morgan fingerprint density at radius 2 is 1.88 bits per heavy atom. The molecule has 5 nitrogen and oxygen atoms in total. The molecular formula is C21H21NO4. The highest BCUT2D eigenvalue weighted by Crippen LogP contribution is 2.38. The van der Waals surface area contributed by atoms with Gasteiger partial charge in [0.2, 0.25) is 0 Å². The summed E-state index contributed by atoms with van der Waals surface area (Å²) < 4.78 is 5.83. The van der Waals surface area contributed by atoms with E-state index >= 15 is 0 Å². The Bertz CT molecular complexity index is 884. The van der Waals surface area contributed by atoms with Gasteiger partial charge in [-0.05, 0) is 50.1 Å². The Hall–Kier alpha value is -3.08. The highest BCUT2D eigenvalue weighted by atomic mass is 16.5. The van der Waals surface area contributed by atoms with Gasteiger partial charge in [-0.2, -0.15) is 0 Å². The predicted molar refractivity (Wildman–Crippen MR) is 100.0 cm³/mol. The van der Waals surface area contributed by atoms with Gasteiger partial charge in [-0.1, -0.05) is 36.4 Å². The number of fused-ring (bicyclic) bond motifs is 1. The van der Waals surface area contributed by atoms with E-state index in [-0.39, 0.29) is 18.2 Å². The molecule has 1 amide bonds. The van der Waals surface area contributed by atoms with Crippen LogP contribution in [0.2, 0.25) is 0 Å². The summed E-state index contributed by atoms with van der Waals surface area (Å²) in [4.78, 5) is 26.1. The van der Waals surface area contributed by atoms with Gasteiger partial charge in [-0.25, -0.2) is 0 Å². The third-order valence-corrected chi connectivity index (χ3v) is 4.31. The molecule has 0 spiro atoms. The first kappa shape index (κ1) is 17.7. The van der Waals surface area contributed by atoms with Gasteiger partial charge in [0.15, 0.2) is 11.5 Å². The molecule has 0 bridgehead atoms. The maximum absolute atomic E-state index is 13.0. The van der Waals surface area contributed by atoms with Crippen LogP contribution in [0.1, 0.15) is 25.0 Å². The van der Waals surface area contributed by atoms with Crippen LogP contribution in [0.5, 0.6) is 5.75 Å². The summed E-state index contributed by atoms with van der Waals surface area (Å²) in [5.74, 6) is -0.590. The number of hydrogen-bond acceptors (Lipinski definition) is 3. The Labute approximate surface area is 152 Å². The van der Waals surface area contributed by atoms with Crippen molar-refractivity contribution in [2.45, 2.75) is 20.8 Å². The fourth-order valence-electron chi connectivity index (χ4n) is 2.74. The van der Waals surface area contributed by atoms with Crippen molar-refractivity contribution in [2.24, 2.45) is 5.41 Å². The number of rotatable bonds is 4. The first-order valence-electron chi connectivity index (χ1n) is 8.38. The minimum Gasteiger partial charge on any atom is -0.481 e. The van der Waals surface area contributed by atoms with Gasteiger partial charge in [0, 0.05) is 6.54 Å². The van der Waals surface area contributed by atoms with Crippen molar-refractivity contribution in [1.82, 2.24) is 0 Å². The molecule has 5 heteroatoms. The zero-order valence-electron chi connectivity index (χ0n) is 15.0. The van der Waals surface area contributed by atoms with Crippen LogP contribution in [0.25, 0.3) is 6.08 Å². The van der Waals surface area contributed by atoms with Crippen LogP contribution < -0.4 is 9.64 Å². The molecule has 2 aromatic carbocycles. The number of ether oxygens (including phenoxy) is 1. The largest absolute Gasteiger partial charge is 0.481 e. The lowest BCUT2D eigenvalue weighted by atomic mass is 9.92. The van der Waals surface area contributed by atoms with Crippen molar-refractivity contribution in [2.75, 3.05) is 11.4 Å². The van der Waals surface area contributed by atoms with E-state index in [1.165, 1.54) is 4.90 Å². The van der Waals surface area contributed by atoms with Gasteiger partial charge in [0.1, 0.15) is 0 Å². The first-order valence-corrected chi connectivity index (χ1v) is 8.38. The van der Waals surface area contributed by atoms with Crippen molar-refractivity contribution in [3.8, 4) is 5.75 Å². The molecule has 26 heavy (non-hydrogen) atoms. The van der Waals surface area contributed by atoms with Gasteiger partial charge in [-0.15, -0.1) is 0 Å². The summed E-state index contributed by atoms with van der Waals surface area (Å²) >= 11 is 0. The summed E-state index contributed by atoms with van der Waals surface area (Å²) in [7, 11) is 0. The third-order valence-electron chi connectivity index (χ3n) is 4.31. The Kier molecular flexibility index (Phi) is 4.55. The molecular weight excluding hydrogens is 330 g/mol. The Balaban J connectivity index is 2.06. The normalized spacial score (nSPS) is 15.6. The Morgan fingerprint density at radius 1 is 1.19 bits per heavy atom. The van der Waals surface area contributed by atoms with Crippen molar-refractivity contribution in [3.05, 3.63) is 65.4 Å². The molecule has 1 aliphatic heterocycles. The summed E-state index contributed by atoms with van der Waals surface area (Å²) in [6, 6.07) is 14.9.